The van der Waals surface area contributed by atoms with E-state index in [-0.39, 0.29) is 49.1 Å². The van der Waals surface area contributed by atoms with Gasteiger partial charge in [0.05, 0.1) is 49.2 Å². The van der Waals surface area contributed by atoms with Gasteiger partial charge in [0.2, 0.25) is 0 Å². The van der Waals surface area contributed by atoms with E-state index in [2.05, 4.69) is 98.6 Å². The van der Waals surface area contributed by atoms with Gasteiger partial charge in [-0.2, -0.15) is 0 Å². The zero-order valence-corrected chi connectivity index (χ0v) is 36.6. The van der Waals surface area contributed by atoms with Crippen molar-refractivity contribution >= 4 is 0 Å². The highest BCUT2D eigenvalue weighted by atomic mass is 16.8. The van der Waals surface area contributed by atoms with Gasteiger partial charge in [0, 0.05) is 23.7 Å². The maximum absolute atomic E-state index is 12.2. The molecule has 2 aromatic carbocycles. The first kappa shape index (κ1) is 41.5. The molecular weight excluding hydrogens is 773 g/mol. The Labute approximate surface area is 359 Å². The molecular formula is C48H64N6O7. The number of aliphatic hydroxyl groups is 1. The minimum Gasteiger partial charge on any atom is -0.384 e. The summed E-state index contributed by atoms with van der Waals surface area (Å²) in [5.74, 6) is 3.33. The van der Waals surface area contributed by atoms with Crippen molar-refractivity contribution in [2.24, 2.45) is 53.3 Å². The summed E-state index contributed by atoms with van der Waals surface area (Å²) >= 11 is 0. The molecule has 4 aliphatic heterocycles. The van der Waals surface area contributed by atoms with Crippen LogP contribution < -0.4 is 0 Å². The van der Waals surface area contributed by atoms with Crippen LogP contribution in [0.1, 0.15) is 104 Å². The first-order valence-electron chi connectivity index (χ1n) is 23.1. The Morgan fingerprint density at radius 2 is 1.13 bits per heavy atom. The predicted molar refractivity (Wildman–Crippen MR) is 226 cm³/mol. The van der Waals surface area contributed by atoms with E-state index in [1.807, 2.05) is 24.5 Å². The molecule has 328 valence electrons. The third kappa shape index (κ3) is 7.80. The Morgan fingerprint density at radius 1 is 0.590 bits per heavy atom. The molecule has 61 heavy (non-hydrogen) atoms. The van der Waals surface area contributed by atoms with Crippen molar-refractivity contribution in [3.8, 4) is 22.5 Å². The van der Waals surface area contributed by atoms with Gasteiger partial charge in [0.15, 0.2) is 25.2 Å². The van der Waals surface area contributed by atoms with Crippen molar-refractivity contribution in [2.45, 2.75) is 149 Å². The molecule has 6 heterocycles. The van der Waals surface area contributed by atoms with Crippen molar-refractivity contribution in [3.05, 3.63) is 72.3 Å². The Kier molecular flexibility index (Phi) is 11.5. The van der Waals surface area contributed by atoms with E-state index in [9.17, 15) is 5.11 Å². The Balaban J connectivity index is 0.737. The smallest absolute Gasteiger partial charge is 0.190 e. The minimum absolute atomic E-state index is 0.0161. The van der Waals surface area contributed by atoms with Crippen LogP contribution in [0.5, 0.6) is 0 Å². The van der Waals surface area contributed by atoms with Crippen LogP contribution >= 0.6 is 0 Å². The molecule has 4 saturated heterocycles. The molecule has 13 heteroatoms. The molecule has 16 atom stereocenters. The second-order valence-corrected chi connectivity index (χ2v) is 19.6. The lowest BCUT2D eigenvalue weighted by Crippen LogP contribution is -2.66. The SMILES string of the molecule is CC1CCC2C(C)CCC3C(C)C(OCc4cn(-c5ccc(-c6ccc(-n7cc(COC8OC9OC(C)CCC%10C(C)CCC(C8C)C9%10O)nn7)cc6)cc5)nn4)OC(O1)C23. The van der Waals surface area contributed by atoms with E-state index in [4.69, 9.17) is 28.4 Å². The maximum Gasteiger partial charge on any atom is 0.190 e. The molecule has 16 unspecified atom stereocenters. The second kappa shape index (κ2) is 16.9. The van der Waals surface area contributed by atoms with Crippen LogP contribution in [0.15, 0.2) is 60.9 Å². The molecule has 0 radical (unpaired) electrons. The fourth-order valence-corrected chi connectivity index (χ4v) is 12.3. The van der Waals surface area contributed by atoms with Crippen LogP contribution in [-0.2, 0) is 41.6 Å². The Morgan fingerprint density at radius 3 is 1.77 bits per heavy atom. The lowest BCUT2D eigenvalue weighted by Gasteiger charge is -2.57. The molecule has 10 rings (SSSR count). The van der Waals surface area contributed by atoms with Gasteiger partial charge in [-0.25, -0.2) is 9.36 Å². The van der Waals surface area contributed by atoms with Gasteiger partial charge in [-0.05, 0) is 124 Å². The van der Waals surface area contributed by atoms with Gasteiger partial charge in [0.1, 0.15) is 17.0 Å². The number of nitrogens with zero attached hydrogens (tertiary/aromatic N) is 6. The van der Waals surface area contributed by atoms with Crippen LogP contribution in [0.3, 0.4) is 0 Å². The van der Waals surface area contributed by atoms with E-state index in [1.54, 1.807) is 9.36 Å². The third-order valence-corrected chi connectivity index (χ3v) is 15.9. The molecule has 2 aliphatic carbocycles. The van der Waals surface area contributed by atoms with Crippen molar-refractivity contribution in [1.29, 1.82) is 0 Å². The highest BCUT2D eigenvalue weighted by Gasteiger charge is 2.62. The zero-order valence-electron chi connectivity index (χ0n) is 36.6. The van der Waals surface area contributed by atoms with Crippen molar-refractivity contribution in [3.63, 3.8) is 0 Å². The fraction of sp³-hybridized carbons (Fsp3) is 0.667. The average molecular weight is 837 g/mol. The summed E-state index contributed by atoms with van der Waals surface area (Å²) in [5.41, 5.74) is 4.46. The molecule has 0 amide bonds. The number of aromatic nitrogens is 6. The number of hydrogen-bond acceptors (Lipinski definition) is 11. The Bertz CT molecular complexity index is 2110. The second-order valence-electron chi connectivity index (χ2n) is 19.6. The lowest BCUT2D eigenvalue weighted by molar-refractivity contribution is -0.383. The maximum atomic E-state index is 12.2. The average Bonchev–Trinajstić information content (AvgIpc) is 3.88. The van der Waals surface area contributed by atoms with Crippen LogP contribution in [0.25, 0.3) is 22.5 Å². The first-order valence-corrected chi connectivity index (χ1v) is 23.1. The molecule has 1 N–H and O–H groups in total. The molecule has 2 aromatic heterocycles. The predicted octanol–water partition coefficient (Wildman–Crippen LogP) is 8.25. The van der Waals surface area contributed by atoms with Gasteiger partial charge in [-0.15, -0.1) is 10.2 Å². The quantitative estimate of drug-likeness (QED) is 0.175. The van der Waals surface area contributed by atoms with Crippen LogP contribution in [0.4, 0.5) is 0 Å². The molecule has 4 aromatic rings. The zero-order chi connectivity index (χ0) is 42.0. The van der Waals surface area contributed by atoms with Crippen molar-refractivity contribution < 1.29 is 33.5 Å². The van der Waals surface area contributed by atoms with Gasteiger partial charge < -0.3 is 33.5 Å². The summed E-state index contributed by atoms with van der Waals surface area (Å²) in [6.45, 7) is 13.9. The van der Waals surface area contributed by atoms with E-state index >= 15 is 0 Å². The van der Waals surface area contributed by atoms with Gasteiger partial charge in [0.25, 0.3) is 0 Å². The van der Waals surface area contributed by atoms with Crippen LogP contribution in [0.2, 0.25) is 0 Å². The first-order chi connectivity index (χ1) is 29.5. The third-order valence-electron chi connectivity index (χ3n) is 15.9. The minimum atomic E-state index is -0.993. The summed E-state index contributed by atoms with van der Waals surface area (Å²) in [5, 5.41) is 29.8. The monoisotopic (exact) mass is 836 g/mol. The summed E-state index contributed by atoms with van der Waals surface area (Å²) in [4.78, 5) is 0. The molecule has 0 bridgehead atoms. The van der Waals surface area contributed by atoms with E-state index in [1.165, 1.54) is 19.3 Å². The molecule has 2 saturated carbocycles. The Hall–Kier alpha value is -3.56. The highest BCUT2D eigenvalue weighted by molar-refractivity contribution is 5.65. The largest absolute Gasteiger partial charge is 0.384 e. The molecule has 6 fully saturated rings. The fourth-order valence-electron chi connectivity index (χ4n) is 12.3. The van der Waals surface area contributed by atoms with Gasteiger partial charge in [-0.3, -0.25) is 0 Å². The topological polar surface area (TPSA) is 137 Å². The van der Waals surface area contributed by atoms with E-state index in [0.717, 1.165) is 60.3 Å². The number of ether oxygens (including phenoxy) is 6. The van der Waals surface area contributed by atoms with Gasteiger partial charge >= 0.3 is 0 Å². The van der Waals surface area contributed by atoms with E-state index < -0.39 is 18.2 Å². The summed E-state index contributed by atoms with van der Waals surface area (Å²) in [6, 6.07) is 16.5. The molecule has 13 nitrogen and oxygen atoms in total. The van der Waals surface area contributed by atoms with Crippen molar-refractivity contribution in [1.82, 2.24) is 30.0 Å². The summed E-state index contributed by atoms with van der Waals surface area (Å²) in [7, 11) is 0. The van der Waals surface area contributed by atoms with Crippen LogP contribution in [-0.4, -0.2) is 78.1 Å². The molecule has 0 spiro atoms. The van der Waals surface area contributed by atoms with Crippen LogP contribution in [0, 0.1) is 53.3 Å². The number of benzene rings is 2. The number of hydrogen-bond donors (Lipinski definition) is 1. The summed E-state index contributed by atoms with van der Waals surface area (Å²) < 4.78 is 42.1. The summed E-state index contributed by atoms with van der Waals surface area (Å²) in [6.07, 6.45) is 11.0. The number of rotatable bonds is 9. The van der Waals surface area contributed by atoms with Crippen molar-refractivity contribution in [2.75, 3.05) is 0 Å². The normalized spacial score (nSPS) is 39.8. The van der Waals surface area contributed by atoms with Gasteiger partial charge in [-0.1, -0.05) is 68.8 Å². The standard InChI is InChI=1S/C48H64N6O7/c1-27-7-19-40-31(5)44(60-46-43(40)39(27)20-9-29(3)58-46)56-25-35-23-53(51-49-35)37-15-11-33(12-16-37)34-13-17-38(18-14-34)54-24-36(50-52-54)26-57-45-32(6)42-21-8-28(2)41-22-10-30(4)59-47(61-45)48(41,42)55/h11-18,23-24,27-32,39-47,55H,7-10,19-22,25-26H2,1-6H3. The van der Waals surface area contributed by atoms with E-state index in [0.29, 0.717) is 47.8 Å². The molecule has 6 aliphatic rings. The highest BCUT2D eigenvalue weighted by Crippen LogP contribution is 2.55. The lowest BCUT2D eigenvalue weighted by atomic mass is 9.58.